The van der Waals surface area contributed by atoms with Crippen LogP contribution in [0.2, 0.25) is 0 Å². The maximum absolute atomic E-state index is 9.75. The maximum Gasteiger partial charge on any atom is 0.673 e. The molecule has 11 heteroatoms. The van der Waals surface area contributed by atoms with E-state index in [9.17, 15) is 17.3 Å². The molecule has 2 fully saturated rings. The number of halogens is 4. The zero-order chi connectivity index (χ0) is 39.0. The summed E-state index contributed by atoms with van der Waals surface area (Å²) in [7, 11) is -5.26. The van der Waals surface area contributed by atoms with Crippen LogP contribution in [-0.4, -0.2) is 14.4 Å². The second-order valence-corrected chi connectivity index (χ2v) is 15.8. The third kappa shape index (κ3) is 21.4. The van der Waals surface area contributed by atoms with E-state index in [1.54, 1.807) is 7.11 Å². The molecule has 58 heavy (non-hydrogen) atoms. The Kier molecular flexibility index (Phi) is 29.4. The Hall–Kier alpha value is -2.21. The molecule has 0 aromatic heterocycles. The SMILES string of the molecule is CO[C]1[C+][CH][CH][CH]1.F[B-](F)(F)F.[Au].[Au].[CH]1[CH][CH][CH][CH]1.[Fe].c1ccc(P(c2ccccc2)c2ccccc2)cc1.c1ccc(P(c2ccccc2)c2ccccc2)cc1. The first-order valence-corrected chi connectivity index (χ1v) is 20.1. The van der Waals surface area contributed by atoms with Crippen LogP contribution in [0.25, 0.3) is 0 Å². The van der Waals surface area contributed by atoms with Gasteiger partial charge < -0.3 is 22.0 Å². The quantitative estimate of drug-likeness (QED) is 0.0670. The third-order valence-electron chi connectivity index (χ3n) is 7.43. The van der Waals surface area contributed by atoms with Gasteiger partial charge in [-0.05, 0) is 79.8 Å². The fourth-order valence-corrected chi connectivity index (χ4v) is 9.73. The Morgan fingerprint density at radius 2 is 0.603 bits per heavy atom. The molecule has 2 saturated carbocycles. The number of hydrogen-bond acceptors (Lipinski definition) is 1. The van der Waals surface area contributed by atoms with Crippen LogP contribution < -0.4 is 31.8 Å². The van der Waals surface area contributed by atoms with Gasteiger partial charge in [0.1, 0.15) is 0 Å². The molecule has 0 bridgehead atoms. The number of ether oxygens (including phenoxy) is 1. The van der Waals surface area contributed by atoms with E-state index in [1.807, 2.05) is 51.4 Å². The van der Waals surface area contributed by atoms with Crippen LogP contribution in [0.1, 0.15) is 0 Å². The van der Waals surface area contributed by atoms with E-state index >= 15 is 0 Å². The van der Waals surface area contributed by atoms with Crippen molar-refractivity contribution in [2.24, 2.45) is 0 Å². The molecule has 2 aliphatic rings. The van der Waals surface area contributed by atoms with Crippen LogP contribution >= 0.6 is 15.8 Å². The van der Waals surface area contributed by atoms with E-state index in [4.69, 9.17) is 4.74 Å². The predicted molar refractivity (Wildman–Crippen MR) is 228 cm³/mol. The van der Waals surface area contributed by atoms with E-state index < -0.39 is 23.1 Å². The van der Waals surface area contributed by atoms with Crippen LogP contribution in [0.5, 0.6) is 0 Å². The molecule has 8 rings (SSSR count). The molecule has 306 valence electrons. The number of hydrogen-bond donors (Lipinski definition) is 0. The molecule has 0 saturated heterocycles. The average molecular weight is 1220 g/mol. The van der Waals surface area contributed by atoms with Gasteiger partial charge in [-0.1, -0.05) is 182 Å². The summed E-state index contributed by atoms with van der Waals surface area (Å²) in [5.74, 6) is 0. The van der Waals surface area contributed by atoms with Crippen molar-refractivity contribution in [1.29, 1.82) is 0 Å². The summed E-state index contributed by atoms with van der Waals surface area (Å²) in [6.45, 7) is 0. The van der Waals surface area contributed by atoms with Crippen LogP contribution in [0.3, 0.4) is 0 Å². The molecule has 6 aromatic rings. The van der Waals surface area contributed by atoms with Crippen LogP contribution in [0, 0.1) is 63.9 Å². The molecule has 0 heterocycles. The summed E-state index contributed by atoms with van der Waals surface area (Å²) >= 11 is 0. The van der Waals surface area contributed by atoms with Gasteiger partial charge in [0, 0.05) is 75.4 Å². The van der Waals surface area contributed by atoms with Gasteiger partial charge in [-0.15, -0.1) is 0 Å². The smallest absolute Gasteiger partial charge is 0.418 e. The fourth-order valence-electron chi connectivity index (χ4n) is 5.12. The van der Waals surface area contributed by atoms with Gasteiger partial charge in [0.15, 0.2) is 0 Å². The van der Waals surface area contributed by atoms with Crippen molar-refractivity contribution in [1.82, 2.24) is 0 Å². The molecule has 1 nitrogen and oxygen atoms in total. The van der Waals surface area contributed by atoms with Crippen molar-refractivity contribution in [2.45, 2.75) is 0 Å². The Morgan fingerprint density at radius 1 is 0.397 bits per heavy atom. The van der Waals surface area contributed by atoms with Crippen molar-refractivity contribution < 1.29 is 83.8 Å². The number of benzene rings is 6. The van der Waals surface area contributed by atoms with E-state index in [0.29, 0.717) is 0 Å². The van der Waals surface area contributed by atoms with Crippen LogP contribution in [0.4, 0.5) is 17.3 Å². The summed E-state index contributed by atoms with van der Waals surface area (Å²) in [6, 6.07) is 64.7. The van der Waals surface area contributed by atoms with Crippen molar-refractivity contribution in [2.75, 3.05) is 7.11 Å². The summed E-state index contributed by atoms with van der Waals surface area (Å²) in [4.78, 5) is 0. The van der Waals surface area contributed by atoms with Gasteiger partial charge >= 0.3 is 19.8 Å². The van der Waals surface area contributed by atoms with Gasteiger partial charge in [0.05, 0.1) is 6.42 Å². The fraction of sp³-hybridized carbons (Fsp3) is 0.0213. The van der Waals surface area contributed by atoms with Gasteiger partial charge in [-0.3, -0.25) is 0 Å². The molecule has 0 unspecified atom stereocenters. The normalized spacial score (nSPS) is 12.7. The average Bonchev–Trinajstić information content (AvgIpc) is 4.00. The minimum Gasteiger partial charge on any atom is -0.418 e. The zero-order valence-corrected chi connectivity index (χ0v) is 38.5. The predicted octanol–water partition coefficient (Wildman–Crippen LogP) is 10.1. The number of rotatable bonds is 7. The summed E-state index contributed by atoms with van der Waals surface area (Å²) < 4.78 is 43.8. The zero-order valence-electron chi connectivity index (χ0n) is 31.3. The molecule has 0 atom stereocenters. The Morgan fingerprint density at radius 3 is 0.741 bits per heavy atom. The molecule has 0 spiro atoms. The first kappa shape index (κ1) is 53.8. The second kappa shape index (κ2) is 31.6. The number of methoxy groups -OCH3 is 1. The van der Waals surface area contributed by atoms with E-state index in [-0.39, 0.29) is 61.8 Å². The Balaban J connectivity index is 0.000000401. The molecule has 0 amide bonds. The molecule has 12 radical (unpaired) electrons. The minimum absolute atomic E-state index is 0. The van der Waals surface area contributed by atoms with E-state index in [0.717, 1.165) is 6.10 Å². The van der Waals surface area contributed by atoms with E-state index in [2.05, 4.69) is 188 Å². The summed E-state index contributed by atoms with van der Waals surface area (Å²) in [5, 5.41) is 8.39. The van der Waals surface area contributed by atoms with Gasteiger partial charge in [0.2, 0.25) is 6.42 Å². The molecular weight excluding hydrogens is 1180 g/mol. The molecular formula is C47H41Au2BF4FeOP2. The van der Waals surface area contributed by atoms with E-state index in [1.165, 1.54) is 31.8 Å². The monoisotopic (exact) mass is 1220 g/mol. The van der Waals surface area contributed by atoms with Gasteiger partial charge in [-0.25, -0.2) is 0 Å². The Labute approximate surface area is 388 Å². The summed E-state index contributed by atoms with van der Waals surface area (Å²) in [6.07, 6.45) is 19.2. The van der Waals surface area contributed by atoms with Gasteiger partial charge in [0.25, 0.3) is 0 Å². The first-order chi connectivity index (χ1) is 26.8. The molecule has 2 aliphatic carbocycles. The topological polar surface area (TPSA) is 9.23 Å². The molecule has 6 aromatic carbocycles. The molecule has 0 aliphatic heterocycles. The standard InChI is InChI=1S/2C18H15P.C6H6O.C5H5.2Au.BF4.Fe/c2*1-4-10-16(11-5-1)19(17-12-6-2-7-13-17)18-14-8-3-9-15-18;1-7-6-4-2-3-5-6;1-2-4-5-3-1;;;2-1(3,4)5;/h2*1-15H;2-4H,1H3;1-5H;;;;/q;;+1;;;;-1;. The van der Waals surface area contributed by atoms with Crippen LogP contribution in [0.15, 0.2) is 182 Å². The van der Waals surface area contributed by atoms with Gasteiger partial charge in [-0.2, -0.15) is 0 Å². The van der Waals surface area contributed by atoms with Crippen molar-refractivity contribution in [3.63, 3.8) is 0 Å². The van der Waals surface area contributed by atoms with Crippen molar-refractivity contribution in [3.05, 3.63) is 246 Å². The first-order valence-electron chi connectivity index (χ1n) is 17.5. The largest absolute Gasteiger partial charge is 0.673 e. The third-order valence-corrected chi connectivity index (χ3v) is 12.3. The second-order valence-electron chi connectivity index (χ2n) is 11.4. The van der Waals surface area contributed by atoms with Crippen LogP contribution in [-0.2, 0) is 66.6 Å². The minimum atomic E-state index is -6.00. The Bertz CT molecular complexity index is 1510. The summed E-state index contributed by atoms with van der Waals surface area (Å²) in [5.41, 5.74) is 0. The molecule has 0 N–H and O–H groups in total. The van der Waals surface area contributed by atoms with Crippen molar-refractivity contribution >= 4 is 54.9 Å². The van der Waals surface area contributed by atoms with Crippen molar-refractivity contribution in [3.8, 4) is 0 Å². The maximum atomic E-state index is 9.75.